The molecule has 3 aliphatic rings. The van der Waals surface area contributed by atoms with E-state index in [9.17, 15) is 24.0 Å². The van der Waals surface area contributed by atoms with Crippen molar-refractivity contribution in [2.24, 2.45) is 0 Å². The molecule has 8 nitrogen and oxygen atoms in total. The van der Waals surface area contributed by atoms with E-state index < -0.39 is 34.9 Å². The molecule has 0 spiro atoms. The van der Waals surface area contributed by atoms with Crippen molar-refractivity contribution < 1.29 is 19.2 Å². The number of carbonyl (C=O) groups excluding carboxylic acids is 4. The number of benzene rings is 3. The number of anilines is 1. The highest BCUT2D eigenvalue weighted by molar-refractivity contribution is 6.37. The molecule has 0 atom stereocenters. The summed E-state index contributed by atoms with van der Waals surface area (Å²) in [7, 11) is 0. The number of amides is 2. The number of aromatic amines is 1. The van der Waals surface area contributed by atoms with E-state index >= 15 is 0 Å². The lowest BCUT2D eigenvalue weighted by atomic mass is 9.95. The van der Waals surface area contributed by atoms with E-state index in [0.717, 1.165) is 31.2 Å². The highest BCUT2D eigenvalue weighted by atomic mass is 16.2. The third-order valence-electron chi connectivity index (χ3n) is 7.96. The lowest BCUT2D eigenvalue weighted by Crippen LogP contribution is -2.30. The number of H-pyrrole nitrogens is 1. The Morgan fingerprint density at radius 1 is 0.737 bits per heavy atom. The average Bonchev–Trinajstić information content (AvgIpc) is 3.61. The van der Waals surface area contributed by atoms with Gasteiger partial charge >= 0.3 is 0 Å². The van der Waals surface area contributed by atoms with E-state index in [0.29, 0.717) is 16.6 Å². The molecule has 0 radical (unpaired) electrons. The van der Waals surface area contributed by atoms with Gasteiger partial charge in [0.25, 0.3) is 17.4 Å². The van der Waals surface area contributed by atoms with E-state index in [-0.39, 0.29) is 34.0 Å². The number of carbonyl (C=O) groups is 4. The fourth-order valence-corrected chi connectivity index (χ4v) is 6.11. The minimum atomic E-state index is -1.34. The fourth-order valence-electron chi connectivity index (χ4n) is 6.11. The second-order valence-electron chi connectivity index (χ2n) is 10.1. The molecule has 38 heavy (non-hydrogen) atoms. The first-order chi connectivity index (χ1) is 18.4. The summed E-state index contributed by atoms with van der Waals surface area (Å²) in [6, 6.07) is 16.8. The number of rotatable bonds is 3. The maximum Gasteiger partial charge on any atom is 0.266 e. The van der Waals surface area contributed by atoms with Crippen molar-refractivity contribution in [1.82, 2.24) is 9.97 Å². The van der Waals surface area contributed by atoms with E-state index in [1.165, 1.54) is 17.0 Å². The lowest BCUT2D eigenvalue weighted by Gasteiger charge is -2.21. The maximum atomic E-state index is 13.6. The normalized spacial score (nSPS) is 17.6. The number of hydrogen-bond donors (Lipinski definition) is 1. The number of ketones is 2. The third-order valence-corrected chi connectivity index (χ3v) is 7.96. The monoisotopic (exact) mass is 503 g/mol. The number of fused-ring (bicyclic) bond motifs is 3. The zero-order valence-electron chi connectivity index (χ0n) is 20.2. The van der Waals surface area contributed by atoms with E-state index in [1.807, 2.05) is 12.1 Å². The number of nitrogens with zero attached hydrogens (tertiary/aromatic N) is 2. The first-order valence-electron chi connectivity index (χ1n) is 12.7. The Morgan fingerprint density at radius 2 is 1.34 bits per heavy atom. The van der Waals surface area contributed by atoms with Crippen LogP contribution in [0.4, 0.5) is 5.69 Å². The minimum absolute atomic E-state index is 0.0511. The highest BCUT2D eigenvalue weighted by Gasteiger charge is 2.46. The van der Waals surface area contributed by atoms with Gasteiger partial charge in [-0.15, -0.1) is 0 Å². The molecule has 3 aromatic carbocycles. The molecule has 1 N–H and O–H groups in total. The van der Waals surface area contributed by atoms with Crippen LogP contribution in [0.2, 0.25) is 0 Å². The molecular formula is C30H21N3O5. The second-order valence-corrected chi connectivity index (χ2v) is 10.1. The summed E-state index contributed by atoms with van der Waals surface area (Å²) in [6.07, 6.45) is 4.22. The summed E-state index contributed by atoms with van der Waals surface area (Å²) in [5, 5.41) is 0.347. The topological polar surface area (TPSA) is 117 Å². The van der Waals surface area contributed by atoms with Crippen molar-refractivity contribution in [1.29, 1.82) is 0 Å². The molecule has 2 heterocycles. The van der Waals surface area contributed by atoms with Gasteiger partial charge in [-0.3, -0.25) is 24.0 Å². The summed E-state index contributed by atoms with van der Waals surface area (Å²) < 4.78 is 0. The Balaban J connectivity index is 1.29. The quantitative estimate of drug-likeness (QED) is 0.324. The largest absolute Gasteiger partial charge is 0.309 e. The molecule has 186 valence electrons. The predicted molar refractivity (Wildman–Crippen MR) is 139 cm³/mol. The lowest BCUT2D eigenvalue weighted by molar-refractivity contribution is 0.0882. The molecule has 7 rings (SSSR count). The van der Waals surface area contributed by atoms with Crippen LogP contribution in [0.3, 0.4) is 0 Å². The molecule has 8 heteroatoms. The van der Waals surface area contributed by atoms with Gasteiger partial charge in [0.2, 0.25) is 0 Å². The van der Waals surface area contributed by atoms with Crippen LogP contribution < -0.4 is 10.5 Å². The standard InChI is InChI=1S/C30H21N3O5/c34-25-18-13-20-21(30(38)33(29(20)37)23-12-6-4-9-16(23)15-7-1-2-8-15)14-19(18)26(35)24(25)27-31-22-11-5-3-10-17(22)28(36)32-27/h3-6,9-15,24H,1-2,7-8H2,(H,31,32,36). The average molecular weight is 504 g/mol. The van der Waals surface area contributed by atoms with E-state index in [1.54, 1.807) is 36.4 Å². The van der Waals surface area contributed by atoms with Gasteiger partial charge in [0.15, 0.2) is 11.6 Å². The number of Topliss-reactive ketones (excluding diaryl/α,β-unsaturated/α-hetero) is 2. The van der Waals surface area contributed by atoms with Gasteiger partial charge in [0.1, 0.15) is 11.7 Å². The molecule has 0 bridgehead atoms. The Bertz CT molecular complexity index is 1740. The van der Waals surface area contributed by atoms with E-state index in [4.69, 9.17) is 0 Å². The Labute approximate surface area is 216 Å². The molecule has 1 aromatic heterocycles. The van der Waals surface area contributed by atoms with Crippen molar-refractivity contribution in [3.05, 3.63) is 105 Å². The van der Waals surface area contributed by atoms with Gasteiger partial charge in [0, 0.05) is 11.1 Å². The molecule has 2 amide bonds. The van der Waals surface area contributed by atoms with Crippen LogP contribution in [-0.4, -0.2) is 33.3 Å². The van der Waals surface area contributed by atoms with Crippen LogP contribution in [0.15, 0.2) is 65.5 Å². The van der Waals surface area contributed by atoms with Gasteiger partial charge in [-0.05, 0) is 54.7 Å². The zero-order chi connectivity index (χ0) is 26.1. The summed E-state index contributed by atoms with van der Waals surface area (Å²) in [6.45, 7) is 0. The molecule has 4 aromatic rings. The van der Waals surface area contributed by atoms with Crippen LogP contribution >= 0.6 is 0 Å². The van der Waals surface area contributed by atoms with Gasteiger partial charge in [-0.25, -0.2) is 9.88 Å². The molecule has 1 fully saturated rings. The fraction of sp³-hybridized carbons (Fsp3) is 0.200. The predicted octanol–water partition coefficient (Wildman–Crippen LogP) is 4.54. The summed E-state index contributed by atoms with van der Waals surface area (Å²) >= 11 is 0. The van der Waals surface area contributed by atoms with E-state index in [2.05, 4.69) is 9.97 Å². The first-order valence-corrected chi connectivity index (χ1v) is 12.7. The first kappa shape index (κ1) is 22.5. The molecule has 0 unspecified atom stereocenters. The summed E-state index contributed by atoms with van der Waals surface area (Å²) in [5.74, 6) is -3.26. The zero-order valence-corrected chi connectivity index (χ0v) is 20.2. The van der Waals surface area contributed by atoms with Crippen LogP contribution in [0.1, 0.15) is 90.3 Å². The van der Waals surface area contributed by atoms with Crippen molar-refractivity contribution in [2.45, 2.75) is 37.5 Å². The SMILES string of the molecule is O=C1c2cc3c(cc2C(=O)C1c1nc2ccccc2c(=O)[nH]1)C(=O)N(c1ccccc1C1CCCC1)C3=O. The van der Waals surface area contributed by atoms with Crippen LogP contribution in [0.25, 0.3) is 10.9 Å². The highest BCUT2D eigenvalue weighted by Crippen LogP contribution is 2.42. The Kier molecular flexibility index (Phi) is 4.82. The van der Waals surface area contributed by atoms with Crippen molar-refractivity contribution in [2.75, 3.05) is 4.90 Å². The summed E-state index contributed by atoms with van der Waals surface area (Å²) in [5.41, 5.74) is 1.74. The minimum Gasteiger partial charge on any atom is -0.309 e. The molecule has 0 saturated heterocycles. The van der Waals surface area contributed by atoms with Gasteiger partial charge < -0.3 is 4.98 Å². The van der Waals surface area contributed by atoms with Gasteiger partial charge in [0.05, 0.1) is 27.7 Å². The maximum absolute atomic E-state index is 13.6. The third kappa shape index (κ3) is 3.09. The van der Waals surface area contributed by atoms with Gasteiger partial charge in [-0.1, -0.05) is 43.2 Å². The van der Waals surface area contributed by atoms with Crippen molar-refractivity contribution in [3.8, 4) is 0 Å². The second kappa shape index (κ2) is 8.14. The molecular weight excluding hydrogens is 482 g/mol. The number of para-hydroxylation sites is 2. The van der Waals surface area contributed by atoms with Crippen LogP contribution in [0, 0.1) is 0 Å². The van der Waals surface area contributed by atoms with Crippen molar-refractivity contribution >= 4 is 40.0 Å². The Morgan fingerprint density at radius 3 is 2.03 bits per heavy atom. The summed E-state index contributed by atoms with van der Waals surface area (Å²) in [4.78, 5) is 74.7. The smallest absolute Gasteiger partial charge is 0.266 e. The molecule has 2 aliphatic carbocycles. The number of aromatic nitrogens is 2. The number of imide groups is 1. The molecule has 1 saturated carbocycles. The van der Waals surface area contributed by atoms with Gasteiger partial charge in [-0.2, -0.15) is 0 Å². The Hall–Kier alpha value is -4.72. The van der Waals surface area contributed by atoms with Crippen LogP contribution in [-0.2, 0) is 0 Å². The van der Waals surface area contributed by atoms with Crippen LogP contribution in [0.5, 0.6) is 0 Å². The number of nitrogens with one attached hydrogen (secondary N) is 1. The number of hydrogen-bond acceptors (Lipinski definition) is 6. The van der Waals surface area contributed by atoms with Crippen molar-refractivity contribution in [3.63, 3.8) is 0 Å². The molecule has 1 aliphatic heterocycles.